The van der Waals surface area contributed by atoms with E-state index in [4.69, 9.17) is 4.99 Å². The van der Waals surface area contributed by atoms with Crippen LogP contribution in [0, 0.1) is 6.92 Å². The Kier molecular flexibility index (Phi) is 9.04. The topological polar surface area (TPSA) is 61.6 Å². The third-order valence-electron chi connectivity index (χ3n) is 5.76. The van der Waals surface area contributed by atoms with Gasteiger partial charge < -0.3 is 14.8 Å². The Morgan fingerprint density at radius 1 is 0.906 bits per heavy atom. The summed E-state index contributed by atoms with van der Waals surface area (Å²) in [5, 5.41) is 12.0. The minimum Gasteiger partial charge on any atom is -0.349 e. The van der Waals surface area contributed by atoms with Crippen molar-refractivity contribution in [3.05, 3.63) is 83.4 Å². The van der Waals surface area contributed by atoms with Crippen molar-refractivity contribution in [2.75, 3.05) is 26.2 Å². The molecule has 1 saturated heterocycles. The number of rotatable bonds is 6. The monoisotopic (exact) mass is 545 g/mol. The van der Waals surface area contributed by atoms with E-state index in [0.717, 1.165) is 50.3 Å². The largest absolute Gasteiger partial charge is 0.349 e. The van der Waals surface area contributed by atoms with E-state index in [1.54, 1.807) is 0 Å². The van der Waals surface area contributed by atoms with Gasteiger partial charge in [-0.25, -0.2) is 4.99 Å². The third kappa shape index (κ3) is 6.52. The Labute approximate surface area is 207 Å². The van der Waals surface area contributed by atoms with E-state index < -0.39 is 0 Å². The summed E-state index contributed by atoms with van der Waals surface area (Å²) in [6, 6.07) is 21.1. The van der Waals surface area contributed by atoms with Crippen molar-refractivity contribution in [1.29, 1.82) is 0 Å². The summed E-state index contributed by atoms with van der Waals surface area (Å²) in [6.07, 6.45) is 0. The minimum absolute atomic E-state index is 0. The van der Waals surface area contributed by atoms with Crippen molar-refractivity contribution in [3.8, 4) is 0 Å². The first-order valence-electron chi connectivity index (χ1n) is 10.9. The first-order valence-corrected chi connectivity index (χ1v) is 10.9. The lowest BCUT2D eigenvalue weighted by Gasteiger charge is -2.36. The molecule has 0 unspecified atom stereocenters. The number of aryl methyl sites for hydroxylation is 1. The van der Waals surface area contributed by atoms with Crippen molar-refractivity contribution in [1.82, 2.24) is 29.9 Å². The van der Waals surface area contributed by atoms with Gasteiger partial charge in [-0.1, -0.05) is 60.7 Å². The zero-order chi connectivity index (χ0) is 21.5. The van der Waals surface area contributed by atoms with Gasteiger partial charge in [0, 0.05) is 39.8 Å². The fourth-order valence-corrected chi connectivity index (χ4v) is 3.74. The van der Waals surface area contributed by atoms with Crippen molar-refractivity contribution >= 4 is 29.9 Å². The molecule has 170 valence electrons. The fraction of sp³-hybridized carbons (Fsp3) is 0.375. The van der Waals surface area contributed by atoms with Crippen molar-refractivity contribution < 1.29 is 0 Å². The van der Waals surface area contributed by atoms with Crippen LogP contribution in [0.3, 0.4) is 0 Å². The summed E-state index contributed by atoms with van der Waals surface area (Å²) in [6.45, 7) is 8.16. The minimum atomic E-state index is 0. The lowest BCUT2D eigenvalue weighted by atomic mass is 10.2. The predicted molar refractivity (Wildman–Crippen MR) is 139 cm³/mol. The van der Waals surface area contributed by atoms with Gasteiger partial charge in [-0.05, 0) is 18.1 Å². The molecule has 0 bridgehead atoms. The number of aliphatic imine (C=N–C) groups is 1. The van der Waals surface area contributed by atoms with Crippen LogP contribution in [0.4, 0.5) is 0 Å². The zero-order valence-electron chi connectivity index (χ0n) is 18.8. The molecular weight excluding hydrogens is 513 g/mol. The van der Waals surface area contributed by atoms with E-state index in [0.29, 0.717) is 13.1 Å². The smallest absolute Gasteiger partial charge is 0.194 e. The van der Waals surface area contributed by atoms with Crippen molar-refractivity contribution in [2.45, 2.75) is 26.6 Å². The Bertz CT molecular complexity index is 980. The molecule has 3 aromatic rings. The first kappa shape index (κ1) is 24.2. The SMILES string of the molecule is Cc1nnc(CNC(=NCc2ccccc2)N2CCN(Cc3ccccc3)CC2)n1C.I. The van der Waals surface area contributed by atoms with Crippen LogP contribution in [0.25, 0.3) is 0 Å². The van der Waals surface area contributed by atoms with E-state index in [1.165, 1.54) is 11.1 Å². The average Bonchev–Trinajstić information content (AvgIpc) is 3.13. The molecule has 0 radical (unpaired) electrons. The van der Waals surface area contributed by atoms with Crippen LogP contribution < -0.4 is 5.32 Å². The average molecular weight is 545 g/mol. The van der Waals surface area contributed by atoms with Gasteiger partial charge in [0.15, 0.2) is 11.8 Å². The molecule has 32 heavy (non-hydrogen) atoms. The summed E-state index contributed by atoms with van der Waals surface area (Å²) in [5.74, 6) is 2.76. The highest BCUT2D eigenvalue weighted by Gasteiger charge is 2.20. The molecule has 0 atom stereocenters. The maximum Gasteiger partial charge on any atom is 0.194 e. The number of halogens is 1. The van der Waals surface area contributed by atoms with Crippen LogP contribution in [0.2, 0.25) is 0 Å². The molecule has 7 nitrogen and oxygen atoms in total. The highest BCUT2D eigenvalue weighted by atomic mass is 127. The molecule has 0 spiro atoms. The molecule has 0 aliphatic carbocycles. The number of aromatic nitrogens is 3. The number of nitrogens with one attached hydrogen (secondary N) is 1. The van der Waals surface area contributed by atoms with Gasteiger partial charge in [0.2, 0.25) is 0 Å². The van der Waals surface area contributed by atoms with Crippen molar-refractivity contribution in [3.63, 3.8) is 0 Å². The summed E-state index contributed by atoms with van der Waals surface area (Å²) < 4.78 is 2.01. The number of hydrogen-bond donors (Lipinski definition) is 1. The highest BCUT2D eigenvalue weighted by Crippen LogP contribution is 2.10. The molecule has 1 aliphatic rings. The van der Waals surface area contributed by atoms with Gasteiger partial charge in [-0.15, -0.1) is 34.2 Å². The lowest BCUT2D eigenvalue weighted by molar-refractivity contribution is 0.172. The van der Waals surface area contributed by atoms with Crippen LogP contribution in [-0.2, 0) is 26.7 Å². The first-order chi connectivity index (χ1) is 15.2. The standard InChI is InChI=1S/C24H31N7.HI/c1-20-27-28-23(29(20)2)18-26-24(25-17-21-9-5-3-6-10-21)31-15-13-30(14-16-31)19-22-11-7-4-8-12-22;/h3-12H,13-19H2,1-2H3,(H,25,26);1H. The van der Waals surface area contributed by atoms with Gasteiger partial charge in [-0.2, -0.15) is 0 Å². The van der Waals surface area contributed by atoms with Crippen LogP contribution in [0.1, 0.15) is 22.8 Å². The van der Waals surface area contributed by atoms with Gasteiger partial charge in [-0.3, -0.25) is 4.90 Å². The van der Waals surface area contributed by atoms with Crippen LogP contribution in [0.15, 0.2) is 65.7 Å². The van der Waals surface area contributed by atoms with Gasteiger partial charge in [0.25, 0.3) is 0 Å². The van der Waals surface area contributed by atoms with E-state index >= 15 is 0 Å². The molecule has 8 heteroatoms. The van der Waals surface area contributed by atoms with E-state index in [2.05, 4.69) is 79.9 Å². The summed E-state index contributed by atoms with van der Waals surface area (Å²) in [4.78, 5) is 9.80. The Balaban J connectivity index is 0.00000289. The van der Waals surface area contributed by atoms with Gasteiger partial charge >= 0.3 is 0 Å². The molecule has 0 saturated carbocycles. The van der Waals surface area contributed by atoms with Crippen LogP contribution in [0.5, 0.6) is 0 Å². The molecule has 1 aliphatic heterocycles. The number of nitrogens with zero attached hydrogens (tertiary/aromatic N) is 6. The Morgan fingerprint density at radius 3 is 2.12 bits per heavy atom. The summed E-state index contributed by atoms with van der Waals surface area (Å²) in [7, 11) is 2.00. The number of hydrogen-bond acceptors (Lipinski definition) is 4. The molecule has 2 aromatic carbocycles. The summed E-state index contributed by atoms with van der Waals surface area (Å²) >= 11 is 0. The molecule has 1 aromatic heterocycles. The molecule has 4 rings (SSSR count). The van der Waals surface area contributed by atoms with E-state index in [1.807, 2.05) is 24.6 Å². The van der Waals surface area contributed by atoms with Crippen LogP contribution in [-0.4, -0.2) is 56.7 Å². The number of benzene rings is 2. The van der Waals surface area contributed by atoms with Crippen molar-refractivity contribution in [2.24, 2.45) is 12.0 Å². The molecule has 2 heterocycles. The van der Waals surface area contributed by atoms with Crippen LogP contribution >= 0.6 is 24.0 Å². The quantitative estimate of drug-likeness (QED) is 0.293. The second-order valence-electron chi connectivity index (χ2n) is 7.95. The fourth-order valence-electron chi connectivity index (χ4n) is 3.74. The lowest BCUT2D eigenvalue weighted by Crippen LogP contribution is -2.52. The second-order valence-corrected chi connectivity index (χ2v) is 7.95. The molecular formula is C24H32IN7. The molecule has 1 N–H and O–H groups in total. The Morgan fingerprint density at radius 2 is 1.53 bits per heavy atom. The number of piperazine rings is 1. The third-order valence-corrected chi connectivity index (χ3v) is 5.76. The normalized spacial score (nSPS) is 14.8. The molecule has 1 fully saturated rings. The highest BCUT2D eigenvalue weighted by molar-refractivity contribution is 14.0. The van der Waals surface area contributed by atoms with Gasteiger partial charge in [0.1, 0.15) is 5.82 Å². The predicted octanol–water partition coefficient (Wildman–Crippen LogP) is 3.21. The molecule has 0 amide bonds. The van der Waals surface area contributed by atoms with Gasteiger partial charge in [0.05, 0.1) is 13.1 Å². The van der Waals surface area contributed by atoms with E-state index in [-0.39, 0.29) is 24.0 Å². The maximum atomic E-state index is 4.93. The Hall–Kier alpha value is -2.46. The van der Waals surface area contributed by atoms with E-state index in [9.17, 15) is 0 Å². The maximum absolute atomic E-state index is 4.93. The summed E-state index contributed by atoms with van der Waals surface area (Å²) in [5.41, 5.74) is 2.57. The number of guanidine groups is 1. The zero-order valence-corrected chi connectivity index (χ0v) is 21.1. The second kappa shape index (κ2) is 12.0.